The van der Waals surface area contributed by atoms with E-state index in [1.807, 2.05) is 6.92 Å². The Morgan fingerprint density at radius 1 is 1.57 bits per heavy atom. The van der Waals surface area contributed by atoms with Crippen molar-refractivity contribution in [1.82, 2.24) is 10.2 Å². The van der Waals surface area contributed by atoms with Crippen molar-refractivity contribution in [2.75, 3.05) is 0 Å². The first-order chi connectivity index (χ1) is 6.66. The van der Waals surface area contributed by atoms with Crippen LogP contribution in [0.2, 0.25) is 0 Å². The molecule has 0 saturated heterocycles. The molecule has 4 heteroatoms. The van der Waals surface area contributed by atoms with E-state index in [9.17, 15) is 4.39 Å². The van der Waals surface area contributed by atoms with Crippen LogP contribution in [-0.4, -0.2) is 16.2 Å². The smallest absolute Gasteiger partial charge is 0.125 e. The van der Waals surface area contributed by atoms with E-state index in [4.69, 9.17) is 5.73 Å². The van der Waals surface area contributed by atoms with Gasteiger partial charge < -0.3 is 5.73 Å². The highest BCUT2D eigenvalue weighted by Crippen LogP contribution is 2.17. The topological polar surface area (TPSA) is 54.7 Å². The van der Waals surface area contributed by atoms with Crippen LogP contribution in [-0.2, 0) is 6.42 Å². The first kappa shape index (κ1) is 9.15. The fourth-order valence-corrected chi connectivity index (χ4v) is 1.52. The minimum Gasteiger partial charge on any atom is -0.328 e. The highest BCUT2D eigenvalue weighted by atomic mass is 19.1. The van der Waals surface area contributed by atoms with Gasteiger partial charge in [-0.1, -0.05) is 0 Å². The molecule has 0 aliphatic carbocycles. The summed E-state index contributed by atoms with van der Waals surface area (Å²) in [5, 5.41) is 7.84. The number of H-pyrrole nitrogens is 1. The maximum atomic E-state index is 12.8. The van der Waals surface area contributed by atoms with Crippen LogP contribution in [0.5, 0.6) is 0 Å². The lowest BCUT2D eigenvalue weighted by atomic mass is 10.1. The molecule has 0 aliphatic rings. The van der Waals surface area contributed by atoms with E-state index in [0.717, 1.165) is 17.5 Å². The van der Waals surface area contributed by atoms with E-state index >= 15 is 0 Å². The van der Waals surface area contributed by atoms with E-state index in [1.165, 1.54) is 12.1 Å². The average Bonchev–Trinajstić information content (AvgIpc) is 2.47. The summed E-state index contributed by atoms with van der Waals surface area (Å²) < 4.78 is 12.8. The van der Waals surface area contributed by atoms with Gasteiger partial charge in [-0.3, -0.25) is 5.10 Å². The van der Waals surface area contributed by atoms with Gasteiger partial charge in [-0.15, -0.1) is 0 Å². The van der Waals surface area contributed by atoms with Crippen molar-refractivity contribution >= 4 is 10.9 Å². The van der Waals surface area contributed by atoms with Gasteiger partial charge in [-0.2, -0.15) is 5.10 Å². The van der Waals surface area contributed by atoms with Crippen LogP contribution in [0.4, 0.5) is 4.39 Å². The zero-order chi connectivity index (χ0) is 10.1. The molecule has 0 bridgehead atoms. The second-order valence-corrected chi connectivity index (χ2v) is 3.55. The van der Waals surface area contributed by atoms with Crippen LogP contribution in [0.1, 0.15) is 12.6 Å². The number of rotatable bonds is 2. The fraction of sp³-hybridized carbons (Fsp3) is 0.300. The zero-order valence-corrected chi connectivity index (χ0v) is 7.92. The van der Waals surface area contributed by atoms with Gasteiger partial charge in [0.25, 0.3) is 0 Å². The van der Waals surface area contributed by atoms with Crippen LogP contribution < -0.4 is 5.73 Å². The third-order valence-corrected chi connectivity index (χ3v) is 2.12. The molecule has 74 valence electrons. The quantitative estimate of drug-likeness (QED) is 0.761. The third kappa shape index (κ3) is 1.61. The van der Waals surface area contributed by atoms with Crippen LogP contribution in [0.15, 0.2) is 18.2 Å². The molecule has 2 aromatic rings. The second kappa shape index (κ2) is 3.38. The van der Waals surface area contributed by atoms with Gasteiger partial charge in [0.2, 0.25) is 0 Å². The molecule has 1 heterocycles. The first-order valence-electron chi connectivity index (χ1n) is 4.55. The number of aromatic nitrogens is 2. The molecule has 3 nitrogen and oxygen atoms in total. The standard InChI is InChI=1S/C10H12FN3/c1-6(12)4-9-8-3-2-7(11)5-10(8)14-13-9/h2-3,5-6H,4,12H2,1H3,(H,13,14). The number of hydrogen-bond donors (Lipinski definition) is 2. The fourth-order valence-electron chi connectivity index (χ4n) is 1.52. The Balaban J connectivity index is 2.47. The number of aromatic amines is 1. The Bertz CT molecular complexity index is 448. The summed E-state index contributed by atoms with van der Waals surface area (Å²) in [6.45, 7) is 1.93. The summed E-state index contributed by atoms with van der Waals surface area (Å²) in [5.74, 6) is -0.267. The summed E-state index contributed by atoms with van der Waals surface area (Å²) >= 11 is 0. The van der Waals surface area contributed by atoms with Crippen LogP contribution in [0.3, 0.4) is 0 Å². The van der Waals surface area contributed by atoms with Crippen LogP contribution in [0, 0.1) is 5.82 Å². The number of halogens is 1. The Morgan fingerprint density at radius 2 is 2.36 bits per heavy atom. The molecule has 0 saturated carbocycles. The molecule has 1 unspecified atom stereocenters. The lowest BCUT2D eigenvalue weighted by molar-refractivity contribution is 0.629. The predicted molar refractivity (Wildman–Crippen MR) is 53.4 cm³/mol. The number of fused-ring (bicyclic) bond motifs is 1. The average molecular weight is 193 g/mol. The van der Waals surface area contributed by atoms with Gasteiger partial charge in [0.1, 0.15) is 5.82 Å². The van der Waals surface area contributed by atoms with E-state index in [-0.39, 0.29) is 11.9 Å². The van der Waals surface area contributed by atoms with Gasteiger partial charge in [0.05, 0.1) is 5.52 Å². The van der Waals surface area contributed by atoms with Gasteiger partial charge in [0, 0.05) is 29.6 Å². The number of nitrogens with one attached hydrogen (secondary N) is 1. The predicted octanol–water partition coefficient (Wildman–Crippen LogP) is 1.59. The van der Waals surface area contributed by atoms with Crippen LogP contribution >= 0.6 is 0 Å². The molecular formula is C10H12FN3. The van der Waals surface area contributed by atoms with Crippen molar-refractivity contribution in [2.24, 2.45) is 5.73 Å². The minimum atomic E-state index is -0.267. The van der Waals surface area contributed by atoms with E-state index in [0.29, 0.717) is 5.52 Å². The van der Waals surface area contributed by atoms with E-state index < -0.39 is 0 Å². The molecule has 14 heavy (non-hydrogen) atoms. The molecule has 0 spiro atoms. The summed E-state index contributed by atoms with van der Waals surface area (Å²) in [4.78, 5) is 0. The van der Waals surface area contributed by atoms with Gasteiger partial charge in [-0.05, 0) is 19.1 Å². The maximum Gasteiger partial charge on any atom is 0.125 e. The Morgan fingerprint density at radius 3 is 3.07 bits per heavy atom. The molecule has 0 amide bonds. The second-order valence-electron chi connectivity index (χ2n) is 3.55. The van der Waals surface area contributed by atoms with Crippen molar-refractivity contribution in [3.63, 3.8) is 0 Å². The summed E-state index contributed by atoms with van der Waals surface area (Å²) in [6.07, 6.45) is 0.724. The van der Waals surface area contributed by atoms with E-state index in [1.54, 1.807) is 6.07 Å². The molecule has 1 aromatic carbocycles. The molecule has 3 N–H and O–H groups in total. The SMILES string of the molecule is CC(N)Cc1[nH]nc2cc(F)ccc12. The molecule has 0 fully saturated rings. The van der Waals surface area contributed by atoms with Crippen LogP contribution in [0.25, 0.3) is 10.9 Å². The molecule has 1 aromatic heterocycles. The summed E-state index contributed by atoms with van der Waals surface area (Å²) in [5.41, 5.74) is 7.30. The zero-order valence-electron chi connectivity index (χ0n) is 7.92. The molecule has 1 atom stereocenters. The molecule has 0 aliphatic heterocycles. The first-order valence-corrected chi connectivity index (χ1v) is 4.55. The van der Waals surface area contributed by atoms with Gasteiger partial charge in [-0.25, -0.2) is 4.39 Å². The number of benzene rings is 1. The monoisotopic (exact) mass is 193 g/mol. The summed E-state index contributed by atoms with van der Waals surface area (Å²) in [6, 6.07) is 4.65. The van der Waals surface area contributed by atoms with E-state index in [2.05, 4.69) is 10.2 Å². The highest BCUT2D eigenvalue weighted by Gasteiger charge is 2.07. The molecular weight excluding hydrogens is 181 g/mol. The Hall–Kier alpha value is -1.42. The molecule has 2 rings (SSSR count). The third-order valence-electron chi connectivity index (χ3n) is 2.12. The highest BCUT2D eigenvalue weighted by molar-refractivity contribution is 5.81. The minimum absolute atomic E-state index is 0.0729. The van der Waals surface area contributed by atoms with Crippen molar-refractivity contribution < 1.29 is 4.39 Å². The lowest BCUT2D eigenvalue weighted by Crippen LogP contribution is -2.18. The van der Waals surface area contributed by atoms with Crippen molar-refractivity contribution in [1.29, 1.82) is 0 Å². The Kier molecular flexibility index (Phi) is 2.21. The number of hydrogen-bond acceptors (Lipinski definition) is 2. The normalized spacial score (nSPS) is 13.4. The van der Waals surface area contributed by atoms with Crippen molar-refractivity contribution in [2.45, 2.75) is 19.4 Å². The number of nitrogens with zero attached hydrogens (tertiary/aromatic N) is 1. The number of nitrogens with two attached hydrogens (primary N) is 1. The lowest BCUT2D eigenvalue weighted by Gasteiger charge is -2.01. The largest absolute Gasteiger partial charge is 0.328 e. The molecule has 0 radical (unpaired) electrons. The Labute approximate surface area is 81.1 Å². The van der Waals surface area contributed by atoms with Crippen molar-refractivity contribution in [3.05, 3.63) is 29.7 Å². The maximum absolute atomic E-state index is 12.8. The summed E-state index contributed by atoms with van der Waals surface area (Å²) in [7, 11) is 0. The van der Waals surface area contributed by atoms with Gasteiger partial charge in [0.15, 0.2) is 0 Å². The van der Waals surface area contributed by atoms with Crippen molar-refractivity contribution in [3.8, 4) is 0 Å². The van der Waals surface area contributed by atoms with Gasteiger partial charge >= 0.3 is 0 Å².